The summed E-state index contributed by atoms with van der Waals surface area (Å²) in [5.74, 6) is 2.18. The molecule has 0 aliphatic carbocycles. The van der Waals surface area contributed by atoms with Crippen molar-refractivity contribution >= 4 is 5.65 Å². The zero-order chi connectivity index (χ0) is 11.0. The van der Waals surface area contributed by atoms with Crippen LogP contribution in [-0.2, 0) is 0 Å². The topological polar surface area (TPSA) is 39.4 Å². The Labute approximate surface area is 88.9 Å². The number of rotatable bonds is 2. The first-order chi connectivity index (χ1) is 7.15. The van der Waals surface area contributed by atoms with E-state index in [0.29, 0.717) is 5.92 Å². The molecule has 2 aromatic heterocycles. The number of ether oxygens (including phenoxy) is 1. The van der Waals surface area contributed by atoms with Gasteiger partial charge in [-0.3, -0.25) is 4.40 Å². The molecule has 2 heterocycles. The Balaban J connectivity index is 2.80. The van der Waals surface area contributed by atoms with Crippen molar-refractivity contribution in [2.75, 3.05) is 7.11 Å². The molecule has 0 aromatic carbocycles. The van der Waals surface area contributed by atoms with Gasteiger partial charge in [0.05, 0.1) is 7.11 Å². The summed E-state index contributed by atoms with van der Waals surface area (Å²) < 4.78 is 7.32. The number of aromatic nitrogens is 3. The van der Waals surface area contributed by atoms with Crippen molar-refractivity contribution in [1.29, 1.82) is 0 Å². The van der Waals surface area contributed by atoms with Gasteiger partial charge >= 0.3 is 0 Å². The Hall–Kier alpha value is -1.58. The third kappa shape index (κ3) is 1.46. The van der Waals surface area contributed by atoms with Gasteiger partial charge in [0.1, 0.15) is 12.2 Å². The highest BCUT2D eigenvalue weighted by molar-refractivity contribution is 5.57. The van der Waals surface area contributed by atoms with E-state index in [0.717, 1.165) is 22.9 Å². The summed E-state index contributed by atoms with van der Waals surface area (Å²) >= 11 is 0. The Morgan fingerprint density at radius 2 is 2.07 bits per heavy atom. The first-order valence-electron chi connectivity index (χ1n) is 5.02. The van der Waals surface area contributed by atoms with Crippen LogP contribution in [0.15, 0.2) is 12.4 Å². The van der Waals surface area contributed by atoms with E-state index in [9.17, 15) is 0 Å². The van der Waals surface area contributed by atoms with Crippen molar-refractivity contribution in [2.24, 2.45) is 0 Å². The van der Waals surface area contributed by atoms with Gasteiger partial charge in [-0.25, -0.2) is 9.97 Å². The first-order valence-corrected chi connectivity index (χ1v) is 5.02. The lowest BCUT2D eigenvalue weighted by atomic mass is 10.2. The van der Waals surface area contributed by atoms with Crippen molar-refractivity contribution < 1.29 is 4.74 Å². The smallest absolute Gasteiger partial charge is 0.182 e. The van der Waals surface area contributed by atoms with E-state index in [1.165, 1.54) is 0 Å². The fourth-order valence-electron chi connectivity index (χ4n) is 1.76. The maximum atomic E-state index is 5.27. The van der Waals surface area contributed by atoms with E-state index in [4.69, 9.17) is 4.74 Å². The highest BCUT2D eigenvalue weighted by atomic mass is 16.5. The van der Waals surface area contributed by atoms with Gasteiger partial charge in [-0.1, -0.05) is 13.8 Å². The lowest BCUT2D eigenvalue weighted by molar-refractivity contribution is 0.418. The van der Waals surface area contributed by atoms with Gasteiger partial charge in [0, 0.05) is 17.7 Å². The Morgan fingerprint density at radius 3 is 2.67 bits per heavy atom. The molecule has 0 saturated carbocycles. The molecule has 0 fully saturated rings. The van der Waals surface area contributed by atoms with Crippen LogP contribution in [0.25, 0.3) is 5.65 Å². The Kier molecular flexibility index (Phi) is 2.34. The molecular weight excluding hydrogens is 190 g/mol. The third-order valence-electron chi connectivity index (χ3n) is 2.46. The molecule has 0 unspecified atom stereocenters. The zero-order valence-corrected chi connectivity index (χ0v) is 9.48. The molecule has 2 aromatic rings. The molecule has 0 saturated heterocycles. The molecule has 0 N–H and O–H groups in total. The molecule has 0 radical (unpaired) electrons. The lowest BCUT2D eigenvalue weighted by Gasteiger charge is -2.08. The van der Waals surface area contributed by atoms with Crippen LogP contribution in [0.1, 0.15) is 31.3 Å². The largest absolute Gasteiger partial charge is 0.493 e. The van der Waals surface area contributed by atoms with Crippen LogP contribution in [-0.4, -0.2) is 21.5 Å². The SMILES string of the molecule is COc1cc(C)n2c(C(C)C)ncnc12. The minimum atomic E-state index is 0.367. The van der Waals surface area contributed by atoms with Crippen molar-refractivity contribution in [3.8, 4) is 5.75 Å². The van der Waals surface area contributed by atoms with E-state index >= 15 is 0 Å². The summed E-state index contributed by atoms with van der Waals surface area (Å²) in [5.41, 5.74) is 1.94. The van der Waals surface area contributed by atoms with Crippen molar-refractivity contribution in [2.45, 2.75) is 26.7 Å². The molecule has 0 bridgehead atoms. The molecule has 0 aliphatic rings. The second-order valence-electron chi connectivity index (χ2n) is 3.90. The second kappa shape index (κ2) is 3.53. The van der Waals surface area contributed by atoms with Crippen LogP contribution in [0.4, 0.5) is 0 Å². The van der Waals surface area contributed by atoms with Crippen LogP contribution in [0.2, 0.25) is 0 Å². The van der Waals surface area contributed by atoms with Gasteiger partial charge in [-0.05, 0) is 6.92 Å². The van der Waals surface area contributed by atoms with E-state index in [1.54, 1.807) is 13.4 Å². The van der Waals surface area contributed by atoms with Crippen molar-refractivity contribution in [1.82, 2.24) is 14.4 Å². The highest BCUT2D eigenvalue weighted by Crippen LogP contribution is 2.24. The monoisotopic (exact) mass is 205 g/mol. The van der Waals surface area contributed by atoms with Gasteiger partial charge in [0.25, 0.3) is 0 Å². The molecule has 80 valence electrons. The van der Waals surface area contributed by atoms with E-state index in [1.807, 2.05) is 17.4 Å². The maximum absolute atomic E-state index is 5.27. The number of methoxy groups -OCH3 is 1. The molecule has 2 rings (SSSR count). The molecular formula is C11H15N3O. The van der Waals surface area contributed by atoms with Crippen LogP contribution < -0.4 is 4.74 Å². The maximum Gasteiger partial charge on any atom is 0.182 e. The summed E-state index contributed by atoms with van der Waals surface area (Å²) in [6.45, 7) is 6.27. The molecule has 0 amide bonds. The molecule has 4 heteroatoms. The van der Waals surface area contributed by atoms with Gasteiger partial charge in [-0.2, -0.15) is 0 Å². The number of hydrogen-bond donors (Lipinski definition) is 0. The normalized spacial score (nSPS) is 11.3. The van der Waals surface area contributed by atoms with Gasteiger partial charge in [0.15, 0.2) is 11.4 Å². The number of nitrogens with zero attached hydrogens (tertiary/aromatic N) is 3. The van der Waals surface area contributed by atoms with Crippen LogP contribution in [0, 0.1) is 6.92 Å². The molecule has 15 heavy (non-hydrogen) atoms. The summed E-state index contributed by atoms with van der Waals surface area (Å²) in [6.07, 6.45) is 1.59. The zero-order valence-electron chi connectivity index (χ0n) is 9.48. The standard InChI is InChI=1S/C11H15N3O/c1-7(2)10-12-6-13-11-9(15-4)5-8(3)14(10)11/h5-7H,1-4H3. The predicted molar refractivity (Wildman–Crippen MR) is 58.4 cm³/mol. The average Bonchev–Trinajstić information content (AvgIpc) is 2.55. The summed E-state index contributed by atoms with van der Waals surface area (Å²) in [4.78, 5) is 8.55. The van der Waals surface area contributed by atoms with Crippen LogP contribution >= 0.6 is 0 Å². The summed E-state index contributed by atoms with van der Waals surface area (Å²) in [7, 11) is 1.66. The summed E-state index contributed by atoms with van der Waals surface area (Å²) in [5, 5.41) is 0. The van der Waals surface area contributed by atoms with E-state index < -0.39 is 0 Å². The minimum Gasteiger partial charge on any atom is -0.493 e. The Morgan fingerprint density at radius 1 is 1.33 bits per heavy atom. The number of hydrogen-bond acceptors (Lipinski definition) is 3. The molecule has 0 aliphatic heterocycles. The lowest BCUT2D eigenvalue weighted by Crippen LogP contribution is -2.05. The quantitative estimate of drug-likeness (QED) is 0.754. The van der Waals surface area contributed by atoms with Gasteiger partial charge in [-0.15, -0.1) is 0 Å². The fraction of sp³-hybridized carbons (Fsp3) is 0.455. The molecule has 4 nitrogen and oxygen atoms in total. The number of aryl methyl sites for hydroxylation is 1. The van der Waals surface area contributed by atoms with Crippen molar-refractivity contribution in [3.05, 3.63) is 23.9 Å². The molecule has 0 atom stereocenters. The fourth-order valence-corrected chi connectivity index (χ4v) is 1.76. The number of fused-ring (bicyclic) bond motifs is 1. The van der Waals surface area contributed by atoms with Gasteiger partial charge < -0.3 is 4.74 Å². The average molecular weight is 205 g/mol. The second-order valence-corrected chi connectivity index (χ2v) is 3.90. The predicted octanol–water partition coefficient (Wildman–Crippen LogP) is 2.17. The van der Waals surface area contributed by atoms with Crippen LogP contribution in [0.3, 0.4) is 0 Å². The van der Waals surface area contributed by atoms with Crippen molar-refractivity contribution in [3.63, 3.8) is 0 Å². The first kappa shape index (κ1) is 9.96. The highest BCUT2D eigenvalue weighted by Gasteiger charge is 2.13. The third-order valence-corrected chi connectivity index (χ3v) is 2.46. The minimum absolute atomic E-state index is 0.367. The van der Waals surface area contributed by atoms with Crippen LogP contribution in [0.5, 0.6) is 5.75 Å². The molecule has 0 spiro atoms. The summed E-state index contributed by atoms with van der Waals surface area (Å²) in [6, 6.07) is 1.98. The van der Waals surface area contributed by atoms with Gasteiger partial charge in [0.2, 0.25) is 0 Å². The Bertz CT molecular complexity index is 488. The van der Waals surface area contributed by atoms with E-state index in [-0.39, 0.29) is 0 Å². The van der Waals surface area contributed by atoms with E-state index in [2.05, 4.69) is 23.8 Å².